The van der Waals surface area contributed by atoms with Crippen LogP contribution in [0, 0.1) is 20.8 Å². The highest BCUT2D eigenvalue weighted by Crippen LogP contribution is 2.20. The van der Waals surface area contributed by atoms with Crippen LogP contribution in [-0.2, 0) is 6.54 Å². The Kier molecular flexibility index (Phi) is 6.23. The summed E-state index contributed by atoms with van der Waals surface area (Å²) in [6.45, 7) is 9.97. The molecule has 2 nitrogen and oxygen atoms in total. The lowest BCUT2D eigenvalue weighted by atomic mass is 10.1. The van der Waals surface area contributed by atoms with E-state index in [1.807, 2.05) is 0 Å². The molecular formula is C20H31N2+. The van der Waals surface area contributed by atoms with Crippen LogP contribution in [0.15, 0.2) is 30.9 Å². The number of hydrogen-bond acceptors (Lipinski definition) is 0. The van der Waals surface area contributed by atoms with Crippen LogP contribution in [0.4, 0.5) is 0 Å². The molecular weight excluding hydrogens is 268 g/mol. The standard InChI is InChI=1S/C20H31N2/c1-5-6-7-8-9-10-11-21-12-13-22(16-21)20-18(3)14-17(2)15-19(20)4/h12-16H,5-11H2,1-4H3/q+1. The van der Waals surface area contributed by atoms with Crippen LogP contribution < -0.4 is 4.57 Å². The normalized spacial score (nSPS) is 11.1. The van der Waals surface area contributed by atoms with Gasteiger partial charge in [-0.25, -0.2) is 9.13 Å². The Bertz CT molecular complexity index is 572. The summed E-state index contributed by atoms with van der Waals surface area (Å²) in [6, 6.07) is 4.53. The summed E-state index contributed by atoms with van der Waals surface area (Å²) >= 11 is 0. The van der Waals surface area contributed by atoms with Crippen LogP contribution in [0.3, 0.4) is 0 Å². The van der Waals surface area contributed by atoms with Crippen LogP contribution in [0.2, 0.25) is 0 Å². The average molecular weight is 299 g/mol. The molecule has 0 N–H and O–H groups in total. The summed E-state index contributed by atoms with van der Waals surface area (Å²) in [5.74, 6) is 0. The van der Waals surface area contributed by atoms with Gasteiger partial charge in [0.25, 0.3) is 0 Å². The van der Waals surface area contributed by atoms with Crippen LogP contribution >= 0.6 is 0 Å². The Balaban J connectivity index is 1.94. The van der Waals surface area contributed by atoms with Gasteiger partial charge in [-0.1, -0.05) is 50.3 Å². The van der Waals surface area contributed by atoms with Crippen molar-refractivity contribution < 1.29 is 4.57 Å². The molecule has 0 bridgehead atoms. The van der Waals surface area contributed by atoms with E-state index in [0.717, 1.165) is 6.54 Å². The van der Waals surface area contributed by atoms with Gasteiger partial charge in [-0.15, -0.1) is 0 Å². The van der Waals surface area contributed by atoms with Crippen molar-refractivity contribution >= 4 is 0 Å². The number of aryl methyl sites for hydroxylation is 4. The molecule has 0 radical (unpaired) electrons. The molecule has 1 aromatic carbocycles. The van der Waals surface area contributed by atoms with Crippen molar-refractivity contribution in [2.75, 3.05) is 0 Å². The molecule has 0 atom stereocenters. The highest BCUT2D eigenvalue weighted by atomic mass is 15.1. The lowest BCUT2D eigenvalue weighted by Gasteiger charge is -2.07. The van der Waals surface area contributed by atoms with Crippen molar-refractivity contribution in [3.63, 3.8) is 0 Å². The molecule has 0 aliphatic carbocycles. The van der Waals surface area contributed by atoms with Gasteiger partial charge in [-0.2, -0.15) is 0 Å². The molecule has 120 valence electrons. The van der Waals surface area contributed by atoms with E-state index in [-0.39, 0.29) is 0 Å². The minimum Gasteiger partial charge on any atom is -0.236 e. The minimum atomic E-state index is 1.13. The summed E-state index contributed by atoms with van der Waals surface area (Å²) in [5.41, 5.74) is 5.36. The fourth-order valence-corrected chi connectivity index (χ4v) is 3.31. The van der Waals surface area contributed by atoms with Crippen molar-refractivity contribution in [3.8, 4) is 5.69 Å². The van der Waals surface area contributed by atoms with E-state index < -0.39 is 0 Å². The molecule has 0 saturated carbocycles. The van der Waals surface area contributed by atoms with E-state index in [1.54, 1.807) is 0 Å². The van der Waals surface area contributed by atoms with E-state index in [1.165, 1.54) is 60.9 Å². The monoisotopic (exact) mass is 299 g/mol. The van der Waals surface area contributed by atoms with Crippen molar-refractivity contribution in [2.45, 2.75) is 72.8 Å². The fraction of sp³-hybridized carbons (Fsp3) is 0.550. The maximum atomic E-state index is 2.32. The van der Waals surface area contributed by atoms with Gasteiger partial charge < -0.3 is 0 Å². The van der Waals surface area contributed by atoms with Gasteiger partial charge in [-0.05, 0) is 44.7 Å². The first-order valence-corrected chi connectivity index (χ1v) is 8.77. The molecule has 0 unspecified atom stereocenters. The number of imidazole rings is 1. The molecule has 1 aromatic heterocycles. The second-order valence-electron chi connectivity index (χ2n) is 6.57. The second-order valence-corrected chi connectivity index (χ2v) is 6.57. The molecule has 0 saturated heterocycles. The lowest BCUT2D eigenvalue weighted by molar-refractivity contribution is -0.696. The third-order valence-corrected chi connectivity index (χ3v) is 4.35. The predicted octanol–water partition coefficient (Wildman–Crippen LogP) is 5.05. The molecule has 2 heteroatoms. The Hall–Kier alpha value is -1.57. The molecule has 22 heavy (non-hydrogen) atoms. The number of unbranched alkanes of at least 4 members (excludes halogenated alkanes) is 5. The number of aromatic nitrogens is 2. The average Bonchev–Trinajstić information content (AvgIpc) is 2.90. The second kappa shape index (κ2) is 8.17. The largest absolute Gasteiger partial charge is 0.248 e. The maximum absolute atomic E-state index is 2.32. The van der Waals surface area contributed by atoms with Gasteiger partial charge in [0, 0.05) is 0 Å². The first kappa shape index (κ1) is 16.8. The zero-order valence-corrected chi connectivity index (χ0v) is 14.7. The summed E-state index contributed by atoms with van der Waals surface area (Å²) < 4.78 is 4.58. The molecule has 2 rings (SSSR count). The Morgan fingerprint density at radius 2 is 1.55 bits per heavy atom. The van der Waals surface area contributed by atoms with Crippen molar-refractivity contribution in [1.82, 2.24) is 4.57 Å². The lowest BCUT2D eigenvalue weighted by Crippen LogP contribution is -2.30. The third-order valence-electron chi connectivity index (χ3n) is 4.35. The van der Waals surface area contributed by atoms with E-state index in [9.17, 15) is 0 Å². The molecule has 0 aliphatic heterocycles. The summed E-state index contributed by atoms with van der Waals surface area (Å²) in [7, 11) is 0. The highest BCUT2D eigenvalue weighted by Gasteiger charge is 2.12. The van der Waals surface area contributed by atoms with Gasteiger partial charge in [-0.3, -0.25) is 0 Å². The van der Waals surface area contributed by atoms with Crippen LogP contribution in [0.25, 0.3) is 5.69 Å². The minimum absolute atomic E-state index is 1.13. The van der Waals surface area contributed by atoms with Gasteiger partial charge in [0.1, 0.15) is 18.1 Å². The summed E-state index contributed by atoms with van der Waals surface area (Å²) in [6.07, 6.45) is 14.7. The van der Waals surface area contributed by atoms with Crippen LogP contribution in [-0.4, -0.2) is 4.57 Å². The zero-order chi connectivity index (χ0) is 15.9. The first-order chi connectivity index (χ1) is 10.6. The molecule has 0 amide bonds. The number of hydrogen-bond donors (Lipinski definition) is 0. The number of rotatable bonds is 8. The predicted molar refractivity (Wildman–Crippen MR) is 93.6 cm³/mol. The van der Waals surface area contributed by atoms with Gasteiger partial charge in [0.2, 0.25) is 6.33 Å². The number of benzene rings is 1. The molecule has 1 heterocycles. The molecule has 2 aromatic rings. The Morgan fingerprint density at radius 3 is 2.23 bits per heavy atom. The zero-order valence-electron chi connectivity index (χ0n) is 14.7. The molecule has 0 fully saturated rings. The van der Waals surface area contributed by atoms with E-state index >= 15 is 0 Å². The van der Waals surface area contributed by atoms with E-state index in [4.69, 9.17) is 0 Å². The van der Waals surface area contributed by atoms with E-state index in [2.05, 4.69) is 67.7 Å². The van der Waals surface area contributed by atoms with Crippen LogP contribution in [0.1, 0.15) is 62.1 Å². The van der Waals surface area contributed by atoms with Gasteiger partial charge >= 0.3 is 0 Å². The Labute approximate surface area is 135 Å². The number of nitrogens with zero attached hydrogens (tertiary/aromatic N) is 2. The Morgan fingerprint density at radius 1 is 0.909 bits per heavy atom. The van der Waals surface area contributed by atoms with Crippen LogP contribution in [0.5, 0.6) is 0 Å². The topological polar surface area (TPSA) is 8.81 Å². The first-order valence-electron chi connectivity index (χ1n) is 8.77. The van der Waals surface area contributed by atoms with Gasteiger partial charge in [0.05, 0.1) is 6.54 Å². The SMILES string of the molecule is CCCCCCCC[n+]1ccn(-c2c(C)cc(C)cc2C)c1. The van der Waals surface area contributed by atoms with Crippen molar-refractivity contribution in [1.29, 1.82) is 0 Å². The molecule has 0 aliphatic rings. The van der Waals surface area contributed by atoms with E-state index in [0.29, 0.717) is 0 Å². The molecule has 0 spiro atoms. The highest BCUT2D eigenvalue weighted by molar-refractivity contribution is 5.48. The van der Waals surface area contributed by atoms with Crippen molar-refractivity contribution in [2.24, 2.45) is 0 Å². The van der Waals surface area contributed by atoms with Crippen molar-refractivity contribution in [3.05, 3.63) is 47.5 Å². The summed E-state index contributed by atoms with van der Waals surface area (Å²) in [4.78, 5) is 0. The maximum Gasteiger partial charge on any atom is 0.248 e. The fourth-order valence-electron chi connectivity index (χ4n) is 3.31. The summed E-state index contributed by atoms with van der Waals surface area (Å²) in [5, 5.41) is 0. The third kappa shape index (κ3) is 4.46. The quantitative estimate of drug-likeness (QED) is 0.476. The van der Waals surface area contributed by atoms with Gasteiger partial charge in [0.15, 0.2) is 0 Å². The smallest absolute Gasteiger partial charge is 0.236 e.